The van der Waals surface area contributed by atoms with Gasteiger partial charge in [-0.05, 0) is 50.2 Å². The lowest BCUT2D eigenvalue weighted by atomic mass is 10.1. The molecule has 1 aromatic heterocycles. The van der Waals surface area contributed by atoms with Crippen LogP contribution in [0.2, 0.25) is 0 Å². The lowest BCUT2D eigenvalue weighted by Gasteiger charge is -2.15. The molecule has 0 bridgehead atoms. The van der Waals surface area contributed by atoms with Gasteiger partial charge >= 0.3 is 0 Å². The van der Waals surface area contributed by atoms with Gasteiger partial charge in [-0.3, -0.25) is 9.78 Å². The number of aryl methyl sites for hydroxylation is 1. The number of nitrogens with zero attached hydrogens (tertiary/aromatic N) is 1. The summed E-state index contributed by atoms with van der Waals surface area (Å²) in [4.78, 5) is 16.8. The Kier molecular flexibility index (Phi) is 4.24. The summed E-state index contributed by atoms with van der Waals surface area (Å²) >= 11 is 0. The number of carbonyl (C=O) groups excluding carboxylic acids is 1. The molecular weight excluding hydrogens is 288 g/mol. The number of hydrogen-bond acceptors (Lipinski definition) is 3. The molecule has 0 aliphatic heterocycles. The topological polar surface area (TPSA) is 51.2 Å². The summed E-state index contributed by atoms with van der Waals surface area (Å²) < 4.78 is 5.65. The predicted octanol–water partition coefficient (Wildman–Crippen LogP) is 3.95. The van der Waals surface area contributed by atoms with E-state index in [9.17, 15) is 4.79 Å². The van der Waals surface area contributed by atoms with Crippen LogP contribution in [0, 0.1) is 6.92 Å². The highest BCUT2D eigenvalue weighted by Gasteiger charge is 2.16. The summed E-state index contributed by atoms with van der Waals surface area (Å²) in [5.41, 5.74) is 2.55. The zero-order valence-corrected chi connectivity index (χ0v) is 13.1. The highest BCUT2D eigenvalue weighted by Crippen LogP contribution is 2.22. The van der Waals surface area contributed by atoms with Crippen molar-refractivity contribution in [2.24, 2.45) is 0 Å². The lowest BCUT2D eigenvalue weighted by Crippen LogP contribution is -2.30. The van der Waals surface area contributed by atoms with Crippen LogP contribution in [0.5, 0.6) is 5.75 Å². The predicted molar refractivity (Wildman–Crippen MR) is 91.6 cm³/mol. The van der Waals surface area contributed by atoms with E-state index in [0.717, 1.165) is 22.3 Å². The zero-order chi connectivity index (χ0) is 16.2. The van der Waals surface area contributed by atoms with Gasteiger partial charge in [-0.25, -0.2) is 0 Å². The third-order valence-corrected chi connectivity index (χ3v) is 3.55. The number of rotatable bonds is 4. The number of benzene rings is 2. The average Bonchev–Trinajstić information content (AvgIpc) is 2.55. The van der Waals surface area contributed by atoms with Gasteiger partial charge in [0.1, 0.15) is 5.75 Å². The SMILES string of the molecule is Cc1ccc2c(NC(=O)C(C)Oc3ccccc3)cccc2n1. The number of fused-ring (bicyclic) bond motifs is 1. The molecule has 2 aromatic carbocycles. The van der Waals surface area contributed by atoms with Crippen LogP contribution in [-0.2, 0) is 4.79 Å². The molecule has 0 aliphatic rings. The number of amides is 1. The Bertz CT molecular complexity index is 831. The summed E-state index contributed by atoms with van der Waals surface area (Å²) in [6.45, 7) is 3.68. The molecule has 4 nitrogen and oxygen atoms in total. The largest absolute Gasteiger partial charge is 0.481 e. The molecule has 1 atom stereocenters. The fraction of sp³-hybridized carbons (Fsp3) is 0.158. The number of nitrogens with one attached hydrogen (secondary N) is 1. The van der Waals surface area contributed by atoms with Crippen molar-refractivity contribution in [2.45, 2.75) is 20.0 Å². The van der Waals surface area contributed by atoms with Crippen molar-refractivity contribution in [2.75, 3.05) is 5.32 Å². The lowest BCUT2D eigenvalue weighted by molar-refractivity contribution is -0.122. The maximum Gasteiger partial charge on any atom is 0.265 e. The summed E-state index contributed by atoms with van der Waals surface area (Å²) in [7, 11) is 0. The van der Waals surface area contributed by atoms with Crippen molar-refractivity contribution in [3.05, 3.63) is 66.4 Å². The molecule has 0 radical (unpaired) electrons. The van der Waals surface area contributed by atoms with Crippen molar-refractivity contribution < 1.29 is 9.53 Å². The summed E-state index contributed by atoms with van der Waals surface area (Å²) in [6.07, 6.45) is -0.592. The van der Waals surface area contributed by atoms with Crippen LogP contribution in [0.3, 0.4) is 0 Å². The van der Waals surface area contributed by atoms with E-state index in [0.29, 0.717) is 5.75 Å². The molecule has 116 valence electrons. The third-order valence-electron chi connectivity index (χ3n) is 3.55. The fourth-order valence-corrected chi connectivity index (χ4v) is 2.36. The first-order chi connectivity index (χ1) is 11.1. The molecule has 1 N–H and O–H groups in total. The number of para-hydroxylation sites is 1. The molecule has 4 heteroatoms. The van der Waals surface area contributed by atoms with Crippen LogP contribution in [0.1, 0.15) is 12.6 Å². The quantitative estimate of drug-likeness (QED) is 0.794. The second-order valence-electron chi connectivity index (χ2n) is 5.39. The Balaban J connectivity index is 1.77. The van der Waals surface area contributed by atoms with Crippen LogP contribution in [-0.4, -0.2) is 17.0 Å². The van der Waals surface area contributed by atoms with Crippen molar-refractivity contribution in [1.29, 1.82) is 0 Å². The second kappa shape index (κ2) is 6.48. The van der Waals surface area contributed by atoms with E-state index in [-0.39, 0.29) is 5.91 Å². The van der Waals surface area contributed by atoms with Crippen LogP contribution >= 0.6 is 0 Å². The summed E-state index contributed by atoms with van der Waals surface area (Å²) in [5, 5.41) is 3.84. The van der Waals surface area contributed by atoms with Gasteiger partial charge in [-0.1, -0.05) is 24.3 Å². The number of hydrogen-bond donors (Lipinski definition) is 1. The molecule has 0 saturated heterocycles. The maximum absolute atomic E-state index is 12.4. The van der Waals surface area contributed by atoms with E-state index in [1.165, 1.54) is 0 Å². The molecule has 1 amide bonds. The van der Waals surface area contributed by atoms with E-state index in [4.69, 9.17) is 4.74 Å². The van der Waals surface area contributed by atoms with Gasteiger partial charge in [0.2, 0.25) is 0 Å². The number of aromatic nitrogens is 1. The number of pyridine rings is 1. The first-order valence-corrected chi connectivity index (χ1v) is 7.52. The smallest absolute Gasteiger partial charge is 0.265 e. The van der Waals surface area contributed by atoms with Gasteiger partial charge in [-0.15, -0.1) is 0 Å². The van der Waals surface area contributed by atoms with E-state index in [1.807, 2.05) is 67.6 Å². The second-order valence-corrected chi connectivity index (χ2v) is 5.39. The highest BCUT2D eigenvalue weighted by atomic mass is 16.5. The first-order valence-electron chi connectivity index (χ1n) is 7.52. The van der Waals surface area contributed by atoms with Crippen LogP contribution in [0.15, 0.2) is 60.7 Å². The van der Waals surface area contributed by atoms with Crippen LogP contribution < -0.4 is 10.1 Å². The van der Waals surface area contributed by atoms with Crippen molar-refractivity contribution in [3.8, 4) is 5.75 Å². The molecule has 0 spiro atoms. The van der Waals surface area contributed by atoms with Crippen molar-refractivity contribution >= 4 is 22.5 Å². The standard InChI is InChI=1S/C19H18N2O2/c1-13-11-12-16-17(20-13)9-6-10-18(16)21-19(22)14(2)23-15-7-4-3-5-8-15/h3-12,14H,1-2H3,(H,21,22). The van der Waals surface area contributed by atoms with Gasteiger partial charge in [0, 0.05) is 11.1 Å². The first kappa shape index (κ1) is 15.0. The maximum atomic E-state index is 12.4. The van der Waals surface area contributed by atoms with E-state index in [1.54, 1.807) is 6.92 Å². The third kappa shape index (κ3) is 3.48. The van der Waals surface area contributed by atoms with Crippen LogP contribution in [0.25, 0.3) is 10.9 Å². The van der Waals surface area contributed by atoms with Crippen molar-refractivity contribution in [1.82, 2.24) is 4.98 Å². The van der Waals surface area contributed by atoms with Gasteiger partial charge in [0.05, 0.1) is 11.2 Å². The number of ether oxygens (including phenoxy) is 1. The minimum atomic E-state index is -0.592. The van der Waals surface area contributed by atoms with Gasteiger partial charge in [-0.2, -0.15) is 0 Å². The molecule has 0 aliphatic carbocycles. The van der Waals surface area contributed by atoms with Gasteiger partial charge in [0.15, 0.2) is 6.10 Å². The van der Waals surface area contributed by atoms with Crippen molar-refractivity contribution in [3.63, 3.8) is 0 Å². The Labute approximate surface area is 135 Å². The Morgan fingerprint density at radius 3 is 2.61 bits per heavy atom. The average molecular weight is 306 g/mol. The van der Waals surface area contributed by atoms with Crippen LogP contribution in [0.4, 0.5) is 5.69 Å². The number of carbonyl (C=O) groups is 1. The molecule has 0 fully saturated rings. The van der Waals surface area contributed by atoms with E-state index in [2.05, 4.69) is 10.3 Å². The zero-order valence-electron chi connectivity index (χ0n) is 13.1. The molecule has 23 heavy (non-hydrogen) atoms. The molecular formula is C19H18N2O2. The Hall–Kier alpha value is -2.88. The monoisotopic (exact) mass is 306 g/mol. The summed E-state index contributed by atoms with van der Waals surface area (Å²) in [5.74, 6) is 0.479. The molecule has 3 aromatic rings. The molecule has 0 saturated carbocycles. The van der Waals surface area contributed by atoms with Gasteiger partial charge in [0.25, 0.3) is 5.91 Å². The molecule has 3 rings (SSSR count). The van der Waals surface area contributed by atoms with E-state index >= 15 is 0 Å². The molecule has 1 unspecified atom stereocenters. The normalized spacial score (nSPS) is 11.9. The van der Waals surface area contributed by atoms with E-state index < -0.39 is 6.10 Å². The Morgan fingerprint density at radius 2 is 1.83 bits per heavy atom. The summed E-state index contributed by atoms with van der Waals surface area (Å²) in [6, 6.07) is 18.9. The minimum Gasteiger partial charge on any atom is -0.481 e. The van der Waals surface area contributed by atoms with Gasteiger partial charge < -0.3 is 10.1 Å². The minimum absolute atomic E-state index is 0.193. The Morgan fingerprint density at radius 1 is 1.04 bits per heavy atom. The number of anilines is 1. The fourth-order valence-electron chi connectivity index (χ4n) is 2.36. The molecule has 1 heterocycles. The highest BCUT2D eigenvalue weighted by molar-refractivity contribution is 6.02.